The van der Waals surface area contributed by atoms with Crippen LogP contribution in [0.2, 0.25) is 0 Å². The van der Waals surface area contributed by atoms with E-state index in [0.717, 1.165) is 16.9 Å². The van der Waals surface area contributed by atoms with Crippen molar-refractivity contribution >= 4 is 0 Å². The van der Waals surface area contributed by atoms with Gasteiger partial charge in [0.1, 0.15) is 18.0 Å². The van der Waals surface area contributed by atoms with Crippen LogP contribution < -0.4 is 4.74 Å². The first kappa shape index (κ1) is 7.62. The van der Waals surface area contributed by atoms with E-state index in [1.807, 2.05) is 32.0 Å². The molecule has 1 N–H and O–H groups in total. The number of aryl methyl sites for hydroxylation is 1. The zero-order valence-corrected chi connectivity index (χ0v) is 7.24. The van der Waals surface area contributed by atoms with Crippen LogP contribution in [0.1, 0.15) is 24.2 Å². The van der Waals surface area contributed by atoms with Crippen molar-refractivity contribution in [3.05, 3.63) is 29.3 Å². The molecule has 0 radical (unpaired) electrons. The SMILES string of the molecule is Cc1cccc2c1OC(C)C2O. The molecule has 12 heavy (non-hydrogen) atoms. The maximum Gasteiger partial charge on any atom is 0.128 e. The average Bonchev–Trinajstić information content (AvgIpc) is 2.32. The highest BCUT2D eigenvalue weighted by Gasteiger charge is 2.29. The van der Waals surface area contributed by atoms with Crippen LogP contribution in [-0.4, -0.2) is 11.2 Å². The monoisotopic (exact) mass is 164 g/mol. The summed E-state index contributed by atoms with van der Waals surface area (Å²) in [6.07, 6.45) is -0.569. The van der Waals surface area contributed by atoms with E-state index in [4.69, 9.17) is 4.74 Å². The molecule has 0 fully saturated rings. The fourth-order valence-electron chi connectivity index (χ4n) is 1.57. The van der Waals surface area contributed by atoms with Gasteiger partial charge in [-0.25, -0.2) is 0 Å². The van der Waals surface area contributed by atoms with Crippen LogP contribution in [0.15, 0.2) is 18.2 Å². The first-order chi connectivity index (χ1) is 5.70. The zero-order chi connectivity index (χ0) is 8.72. The van der Waals surface area contributed by atoms with E-state index < -0.39 is 6.10 Å². The fraction of sp³-hybridized carbons (Fsp3) is 0.400. The largest absolute Gasteiger partial charge is 0.487 e. The lowest BCUT2D eigenvalue weighted by Gasteiger charge is -2.06. The minimum absolute atomic E-state index is 0.110. The molecule has 64 valence electrons. The summed E-state index contributed by atoms with van der Waals surface area (Å²) < 4.78 is 5.50. The minimum Gasteiger partial charge on any atom is -0.487 e. The summed E-state index contributed by atoms with van der Waals surface area (Å²) in [5.74, 6) is 0.859. The molecule has 2 atom stereocenters. The summed E-state index contributed by atoms with van der Waals surface area (Å²) in [5, 5.41) is 9.65. The Kier molecular flexibility index (Phi) is 1.58. The predicted octanol–water partition coefficient (Wildman–Crippen LogP) is 1.81. The Hall–Kier alpha value is -1.02. The van der Waals surface area contributed by atoms with E-state index in [9.17, 15) is 5.11 Å². The lowest BCUT2D eigenvalue weighted by atomic mass is 10.1. The number of para-hydroxylation sites is 1. The van der Waals surface area contributed by atoms with Gasteiger partial charge in [0.15, 0.2) is 0 Å². The summed E-state index contributed by atoms with van der Waals surface area (Å²) in [6, 6.07) is 5.85. The molecule has 2 nitrogen and oxygen atoms in total. The number of aliphatic hydroxyl groups is 1. The van der Waals surface area contributed by atoms with Crippen molar-refractivity contribution in [3.63, 3.8) is 0 Å². The third-order valence-corrected chi connectivity index (χ3v) is 2.31. The maximum absolute atomic E-state index is 9.65. The normalized spacial score (nSPS) is 26.6. The second-order valence-corrected chi connectivity index (χ2v) is 3.26. The van der Waals surface area contributed by atoms with Crippen molar-refractivity contribution in [1.29, 1.82) is 0 Å². The smallest absolute Gasteiger partial charge is 0.128 e. The molecule has 2 rings (SSSR count). The molecule has 0 saturated carbocycles. The van der Waals surface area contributed by atoms with Gasteiger partial charge in [-0.2, -0.15) is 0 Å². The van der Waals surface area contributed by atoms with Crippen molar-refractivity contribution in [2.75, 3.05) is 0 Å². The lowest BCUT2D eigenvalue weighted by molar-refractivity contribution is 0.0794. The Morgan fingerprint density at radius 3 is 2.83 bits per heavy atom. The standard InChI is InChI=1S/C10H12O2/c1-6-4-3-5-8-9(11)7(2)12-10(6)8/h3-5,7,9,11H,1-2H3. The van der Waals surface area contributed by atoms with Gasteiger partial charge in [0.05, 0.1) is 0 Å². The number of hydrogen-bond acceptors (Lipinski definition) is 2. The van der Waals surface area contributed by atoms with Crippen LogP contribution in [0.25, 0.3) is 0 Å². The quantitative estimate of drug-likeness (QED) is 0.633. The molecule has 0 spiro atoms. The van der Waals surface area contributed by atoms with Crippen LogP contribution in [0.4, 0.5) is 0 Å². The third-order valence-electron chi connectivity index (χ3n) is 2.31. The van der Waals surface area contributed by atoms with Crippen LogP contribution in [0.3, 0.4) is 0 Å². The highest BCUT2D eigenvalue weighted by molar-refractivity contribution is 5.45. The van der Waals surface area contributed by atoms with Crippen LogP contribution in [0, 0.1) is 6.92 Å². The van der Waals surface area contributed by atoms with Crippen molar-refractivity contribution in [1.82, 2.24) is 0 Å². The van der Waals surface area contributed by atoms with Crippen molar-refractivity contribution in [2.24, 2.45) is 0 Å². The Labute approximate surface area is 71.8 Å². The highest BCUT2D eigenvalue weighted by atomic mass is 16.5. The van der Waals surface area contributed by atoms with Gasteiger partial charge in [-0.15, -0.1) is 0 Å². The molecule has 0 bridgehead atoms. The summed E-state index contributed by atoms with van der Waals surface area (Å²) in [7, 11) is 0. The predicted molar refractivity (Wildman–Crippen MR) is 46.2 cm³/mol. The molecule has 0 amide bonds. The Balaban J connectivity index is 2.53. The molecular weight excluding hydrogens is 152 g/mol. The highest BCUT2D eigenvalue weighted by Crippen LogP contribution is 2.38. The Bertz CT molecular complexity index is 307. The second-order valence-electron chi connectivity index (χ2n) is 3.26. The van der Waals surface area contributed by atoms with E-state index in [0.29, 0.717) is 0 Å². The third kappa shape index (κ3) is 0.916. The molecular formula is C10H12O2. The number of rotatable bonds is 0. The Morgan fingerprint density at radius 2 is 2.17 bits per heavy atom. The van der Waals surface area contributed by atoms with Crippen LogP contribution >= 0.6 is 0 Å². The number of benzene rings is 1. The van der Waals surface area contributed by atoms with Gasteiger partial charge >= 0.3 is 0 Å². The molecule has 1 heterocycles. The zero-order valence-electron chi connectivity index (χ0n) is 7.24. The van der Waals surface area contributed by atoms with E-state index in [-0.39, 0.29) is 6.10 Å². The number of aliphatic hydroxyl groups excluding tert-OH is 1. The average molecular weight is 164 g/mol. The van der Waals surface area contributed by atoms with E-state index >= 15 is 0 Å². The summed E-state index contributed by atoms with van der Waals surface area (Å²) in [6.45, 7) is 3.87. The van der Waals surface area contributed by atoms with Gasteiger partial charge in [0.25, 0.3) is 0 Å². The molecule has 2 heteroatoms. The number of hydrogen-bond donors (Lipinski definition) is 1. The lowest BCUT2D eigenvalue weighted by Crippen LogP contribution is -2.12. The Morgan fingerprint density at radius 1 is 1.42 bits per heavy atom. The molecule has 0 aromatic heterocycles. The van der Waals surface area contributed by atoms with Crippen molar-refractivity contribution < 1.29 is 9.84 Å². The summed E-state index contributed by atoms with van der Waals surface area (Å²) in [4.78, 5) is 0. The summed E-state index contributed by atoms with van der Waals surface area (Å²) in [5.41, 5.74) is 2.01. The molecule has 1 aliphatic rings. The minimum atomic E-state index is -0.458. The fourth-order valence-corrected chi connectivity index (χ4v) is 1.57. The van der Waals surface area contributed by atoms with Crippen molar-refractivity contribution in [2.45, 2.75) is 26.1 Å². The van der Waals surface area contributed by atoms with E-state index in [1.165, 1.54) is 0 Å². The number of ether oxygens (including phenoxy) is 1. The van der Waals surface area contributed by atoms with E-state index in [2.05, 4.69) is 0 Å². The van der Waals surface area contributed by atoms with E-state index in [1.54, 1.807) is 0 Å². The molecule has 2 unspecified atom stereocenters. The van der Waals surface area contributed by atoms with Gasteiger partial charge in [-0.05, 0) is 19.4 Å². The first-order valence-corrected chi connectivity index (χ1v) is 4.14. The molecule has 0 saturated heterocycles. The number of fused-ring (bicyclic) bond motifs is 1. The van der Waals surface area contributed by atoms with Crippen molar-refractivity contribution in [3.8, 4) is 5.75 Å². The van der Waals surface area contributed by atoms with Gasteiger partial charge in [0.2, 0.25) is 0 Å². The van der Waals surface area contributed by atoms with Gasteiger partial charge in [-0.1, -0.05) is 18.2 Å². The van der Waals surface area contributed by atoms with Gasteiger partial charge in [-0.3, -0.25) is 0 Å². The second kappa shape index (κ2) is 2.49. The molecule has 1 aliphatic heterocycles. The topological polar surface area (TPSA) is 29.5 Å². The van der Waals surface area contributed by atoms with Crippen LogP contribution in [-0.2, 0) is 0 Å². The molecule has 1 aromatic rings. The van der Waals surface area contributed by atoms with Gasteiger partial charge in [0, 0.05) is 5.56 Å². The van der Waals surface area contributed by atoms with Crippen LogP contribution in [0.5, 0.6) is 5.75 Å². The van der Waals surface area contributed by atoms with Gasteiger partial charge < -0.3 is 9.84 Å². The summed E-state index contributed by atoms with van der Waals surface area (Å²) >= 11 is 0. The molecule has 0 aliphatic carbocycles. The molecule has 1 aromatic carbocycles. The maximum atomic E-state index is 9.65. The first-order valence-electron chi connectivity index (χ1n) is 4.14.